The number of hydrogen-bond donors (Lipinski definition) is 2. The molecule has 3 N–H and O–H groups in total. The Morgan fingerprint density at radius 1 is 1.11 bits per heavy atom. The number of carboxylic acid groups (broad SMARTS) is 1. The largest absolute Gasteiger partial charge is 0.480 e. The summed E-state index contributed by atoms with van der Waals surface area (Å²) in [6.45, 7) is 4.59. The van der Waals surface area contributed by atoms with Crippen LogP contribution in [0.1, 0.15) is 38.5 Å². The van der Waals surface area contributed by atoms with Gasteiger partial charge in [-0.3, -0.25) is 14.6 Å². The van der Waals surface area contributed by atoms with Gasteiger partial charge in [0, 0.05) is 31.7 Å². The van der Waals surface area contributed by atoms with Crippen molar-refractivity contribution in [3.8, 4) is 0 Å². The summed E-state index contributed by atoms with van der Waals surface area (Å²) in [5.41, 5.74) is 5.08. The van der Waals surface area contributed by atoms with Crippen LogP contribution in [0, 0.1) is 0 Å². The van der Waals surface area contributed by atoms with Crippen molar-refractivity contribution < 1.29 is 9.90 Å². The van der Waals surface area contributed by atoms with Crippen LogP contribution in [-0.4, -0.2) is 64.7 Å². The fourth-order valence-corrected chi connectivity index (χ4v) is 4.13. The lowest BCUT2D eigenvalue weighted by Gasteiger charge is -2.45. The van der Waals surface area contributed by atoms with Gasteiger partial charge in [-0.05, 0) is 45.1 Å². The van der Waals surface area contributed by atoms with Crippen LogP contribution in [0.25, 0.3) is 0 Å². The van der Waals surface area contributed by atoms with E-state index in [1.54, 1.807) is 0 Å². The molecular weight excluding hydrogens is 242 g/mol. The van der Waals surface area contributed by atoms with Crippen LogP contribution in [0.5, 0.6) is 0 Å². The number of carboxylic acids is 1. The van der Waals surface area contributed by atoms with Gasteiger partial charge in [-0.25, -0.2) is 0 Å². The number of fused-ring (bicyclic) bond motifs is 1. The minimum atomic E-state index is -0.990. The smallest absolute Gasteiger partial charge is 0.323 e. The summed E-state index contributed by atoms with van der Waals surface area (Å²) in [6, 6.07) is 1.07. The molecule has 0 aromatic rings. The zero-order valence-electron chi connectivity index (χ0n) is 11.6. The third-order valence-corrected chi connectivity index (χ3v) is 5.32. The third-order valence-electron chi connectivity index (χ3n) is 5.32. The molecule has 2 heterocycles. The second-order valence-electron chi connectivity index (χ2n) is 6.54. The first-order valence-corrected chi connectivity index (χ1v) is 7.59. The van der Waals surface area contributed by atoms with Crippen LogP contribution >= 0.6 is 0 Å². The van der Waals surface area contributed by atoms with E-state index in [0.717, 1.165) is 32.5 Å². The van der Waals surface area contributed by atoms with Crippen molar-refractivity contribution in [1.82, 2.24) is 9.80 Å². The van der Waals surface area contributed by atoms with Crippen molar-refractivity contribution in [3.05, 3.63) is 0 Å². The van der Waals surface area contributed by atoms with Gasteiger partial charge in [-0.2, -0.15) is 0 Å². The highest BCUT2D eigenvalue weighted by molar-refractivity contribution is 5.78. The van der Waals surface area contributed by atoms with Crippen molar-refractivity contribution in [2.75, 3.05) is 26.2 Å². The van der Waals surface area contributed by atoms with Gasteiger partial charge in [0.1, 0.15) is 5.54 Å². The Bertz CT molecular complexity index is 363. The van der Waals surface area contributed by atoms with Crippen molar-refractivity contribution >= 4 is 5.97 Å². The first-order valence-electron chi connectivity index (χ1n) is 7.59. The van der Waals surface area contributed by atoms with Crippen LogP contribution in [0.15, 0.2) is 0 Å². The zero-order chi connectivity index (χ0) is 13.5. The normalized spacial score (nSPS) is 41.1. The van der Waals surface area contributed by atoms with E-state index in [0.29, 0.717) is 24.9 Å². The summed E-state index contributed by atoms with van der Waals surface area (Å²) < 4.78 is 0. The maximum Gasteiger partial charge on any atom is 0.323 e. The number of nitrogens with two attached hydrogens (primary N) is 1. The lowest BCUT2D eigenvalue weighted by Crippen LogP contribution is -2.59. The minimum absolute atomic E-state index is 0.373. The van der Waals surface area contributed by atoms with Gasteiger partial charge >= 0.3 is 5.97 Å². The van der Waals surface area contributed by atoms with Crippen LogP contribution in [0.2, 0.25) is 0 Å². The Kier molecular flexibility index (Phi) is 3.53. The maximum absolute atomic E-state index is 11.3. The highest BCUT2D eigenvalue weighted by Gasteiger charge is 2.42. The lowest BCUT2D eigenvalue weighted by atomic mass is 9.79. The molecule has 3 fully saturated rings. The zero-order valence-corrected chi connectivity index (χ0v) is 11.6. The average Bonchev–Trinajstić information content (AvgIpc) is 2.85. The number of aliphatic carboxylic acids is 1. The number of piperazine rings is 1. The van der Waals surface area contributed by atoms with E-state index in [4.69, 9.17) is 5.73 Å². The van der Waals surface area contributed by atoms with Crippen LogP contribution < -0.4 is 5.73 Å². The molecule has 0 bridgehead atoms. The van der Waals surface area contributed by atoms with Crippen LogP contribution in [-0.2, 0) is 4.79 Å². The molecule has 0 radical (unpaired) electrons. The Balaban J connectivity index is 1.64. The van der Waals surface area contributed by atoms with E-state index in [-0.39, 0.29) is 0 Å². The van der Waals surface area contributed by atoms with Crippen molar-refractivity contribution in [2.24, 2.45) is 5.73 Å². The summed E-state index contributed by atoms with van der Waals surface area (Å²) in [4.78, 5) is 16.4. The molecule has 1 saturated carbocycles. The fourth-order valence-electron chi connectivity index (χ4n) is 4.13. The minimum Gasteiger partial charge on any atom is -0.480 e. The fraction of sp³-hybridized carbons (Fsp3) is 0.929. The van der Waals surface area contributed by atoms with Gasteiger partial charge in [-0.15, -0.1) is 0 Å². The van der Waals surface area contributed by atoms with Crippen molar-refractivity contribution in [2.45, 2.75) is 56.1 Å². The van der Waals surface area contributed by atoms with Crippen LogP contribution in [0.4, 0.5) is 0 Å². The second kappa shape index (κ2) is 5.04. The topological polar surface area (TPSA) is 69.8 Å². The van der Waals surface area contributed by atoms with E-state index >= 15 is 0 Å². The molecule has 5 heteroatoms. The molecule has 0 aromatic carbocycles. The molecule has 0 spiro atoms. The predicted molar refractivity (Wildman–Crippen MR) is 73.0 cm³/mol. The van der Waals surface area contributed by atoms with Crippen molar-refractivity contribution in [3.63, 3.8) is 0 Å². The summed E-state index contributed by atoms with van der Waals surface area (Å²) >= 11 is 0. The maximum atomic E-state index is 11.3. The molecule has 1 aliphatic carbocycles. The number of nitrogens with zero attached hydrogens (tertiary/aromatic N) is 2. The molecule has 3 atom stereocenters. The standard InChI is InChI=1S/C14H25N3O2/c15-14(13(18)19)5-1-3-11(9-14)17-8-7-16-6-2-4-12(16)10-17/h11-12H,1-10,15H2,(H,18,19). The second-order valence-corrected chi connectivity index (χ2v) is 6.54. The van der Waals surface area contributed by atoms with Gasteiger partial charge in [-0.1, -0.05) is 0 Å². The van der Waals surface area contributed by atoms with E-state index in [1.165, 1.54) is 19.4 Å². The summed E-state index contributed by atoms with van der Waals surface area (Å²) in [7, 11) is 0. The van der Waals surface area contributed by atoms with Gasteiger partial charge < -0.3 is 10.8 Å². The number of hydrogen-bond acceptors (Lipinski definition) is 4. The van der Waals surface area contributed by atoms with Crippen LogP contribution in [0.3, 0.4) is 0 Å². The average molecular weight is 267 g/mol. The Hall–Kier alpha value is -0.650. The summed E-state index contributed by atoms with van der Waals surface area (Å²) in [5, 5.41) is 9.31. The molecule has 3 unspecified atom stereocenters. The monoisotopic (exact) mass is 267 g/mol. The molecule has 3 rings (SSSR count). The van der Waals surface area contributed by atoms with Crippen molar-refractivity contribution in [1.29, 1.82) is 0 Å². The Labute approximate surface area is 114 Å². The molecule has 108 valence electrons. The van der Waals surface area contributed by atoms with Gasteiger partial charge in [0.25, 0.3) is 0 Å². The van der Waals surface area contributed by atoms with E-state index in [1.807, 2.05) is 0 Å². The third kappa shape index (κ3) is 2.51. The summed E-state index contributed by atoms with van der Waals surface area (Å²) in [6.07, 6.45) is 5.92. The highest BCUT2D eigenvalue weighted by Crippen LogP contribution is 2.32. The quantitative estimate of drug-likeness (QED) is 0.762. The number of carbonyl (C=O) groups is 1. The lowest BCUT2D eigenvalue weighted by molar-refractivity contribution is -0.145. The molecule has 2 aliphatic heterocycles. The predicted octanol–water partition coefficient (Wildman–Crippen LogP) is 0.491. The first kappa shape index (κ1) is 13.3. The van der Waals surface area contributed by atoms with E-state index in [2.05, 4.69) is 9.80 Å². The van der Waals surface area contributed by atoms with Gasteiger partial charge in [0.05, 0.1) is 0 Å². The van der Waals surface area contributed by atoms with E-state index < -0.39 is 11.5 Å². The Morgan fingerprint density at radius 3 is 2.63 bits per heavy atom. The molecule has 3 aliphatic rings. The first-order chi connectivity index (χ1) is 9.08. The molecular formula is C14H25N3O2. The molecule has 0 aromatic heterocycles. The van der Waals surface area contributed by atoms with Gasteiger partial charge in [0.15, 0.2) is 0 Å². The molecule has 19 heavy (non-hydrogen) atoms. The molecule has 0 amide bonds. The SMILES string of the molecule is NC1(C(=O)O)CCCC(N2CCN3CCCC3C2)C1. The Morgan fingerprint density at radius 2 is 1.84 bits per heavy atom. The number of rotatable bonds is 2. The van der Waals surface area contributed by atoms with E-state index in [9.17, 15) is 9.90 Å². The molecule has 2 saturated heterocycles. The van der Waals surface area contributed by atoms with Gasteiger partial charge in [0.2, 0.25) is 0 Å². The summed E-state index contributed by atoms with van der Waals surface area (Å²) in [5.74, 6) is -0.822. The highest BCUT2D eigenvalue weighted by atomic mass is 16.4. The molecule has 5 nitrogen and oxygen atoms in total.